The number of alkyl carbamates (subject to hydrolysis) is 1. The quantitative estimate of drug-likeness (QED) is 0.131. The molecule has 0 aliphatic carbocycles. The zero-order valence-corrected chi connectivity index (χ0v) is 29.4. The predicted octanol–water partition coefficient (Wildman–Crippen LogP) is 2.46. The molecule has 0 unspecified atom stereocenters. The molecule has 3 N–H and O–H groups in total. The van der Waals surface area contributed by atoms with E-state index < -0.39 is 67.8 Å². The summed E-state index contributed by atoms with van der Waals surface area (Å²) in [5.74, 6) is -0.115. The van der Waals surface area contributed by atoms with Gasteiger partial charge in [-0.3, -0.25) is 13.6 Å². The summed E-state index contributed by atoms with van der Waals surface area (Å²) >= 11 is 0. The molecule has 16 nitrogen and oxygen atoms in total. The first-order valence-corrected chi connectivity index (χ1v) is 19.1. The SMILES string of the molecule is CC(C)CN(C[C@@H](O)[C@H](Cc1ccc(OCP(=O)(OCC=O)OCC=O)cc1)NC(=O)O[C@H]1CO[C@H]2OCC[C@H]21)S(=O)(=O)c1ccc(O)cc1. The van der Waals surface area contributed by atoms with Crippen LogP contribution >= 0.6 is 7.60 Å². The average Bonchev–Trinajstić information content (AvgIpc) is 3.71. The maximum absolute atomic E-state index is 13.6. The van der Waals surface area contributed by atoms with E-state index in [1.54, 1.807) is 12.1 Å². The number of carbonyl (C=O) groups excluding carboxylic acids is 3. The van der Waals surface area contributed by atoms with Crippen LogP contribution in [0.2, 0.25) is 0 Å². The van der Waals surface area contributed by atoms with Crippen LogP contribution in [-0.4, -0.2) is 112 Å². The average molecular weight is 743 g/mol. The third kappa shape index (κ3) is 11.0. The van der Waals surface area contributed by atoms with E-state index >= 15 is 0 Å². The fraction of sp³-hybridized carbons (Fsp3) is 0.531. The summed E-state index contributed by atoms with van der Waals surface area (Å²) in [5, 5.41) is 23.9. The molecule has 2 aliphatic rings. The van der Waals surface area contributed by atoms with Crippen molar-refractivity contribution in [3.8, 4) is 11.5 Å². The number of aliphatic hydroxyl groups excluding tert-OH is 1. The molecule has 0 aromatic heterocycles. The van der Waals surface area contributed by atoms with Crippen LogP contribution in [0.25, 0.3) is 0 Å². The Morgan fingerprint density at radius 1 is 1.04 bits per heavy atom. The van der Waals surface area contributed by atoms with Gasteiger partial charge in [-0.1, -0.05) is 26.0 Å². The lowest BCUT2D eigenvalue weighted by Gasteiger charge is -2.31. The predicted molar refractivity (Wildman–Crippen MR) is 176 cm³/mol. The van der Waals surface area contributed by atoms with Gasteiger partial charge in [-0.05, 0) is 60.7 Å². The van der Waals surface area contributed by atoms with Gasteiger partial charge in [0.15, 0.2) is 12.6 Å². The fourth-order valence-corrected chi connectivity index (χ4v) is 8.19. The molecule has 0 bridgehead atoms. The van der Waals surface area contributed by atoms with E-state index in [0.717, 1.165) is 4.31 Å². The minimum atomic E-state index is -4.12. The third-order valence-electron chi connectivity index (χ3n) is 7.89. The maximum atomic E-state index is 13.6. The van der Waals surface area contributed by atoms with Gasteiger partial charge in [0.2, 0.25) is 10.0 Å². The molecule has 276 valence electrons. The lowest BCUT2D eigenvalue weighted by atomic mass is 10.0. The van der Waals surface area contributed by atoms with Gasteiger partial charge in [0.25, 0.3) is 0 Å². The van der Waals surface area contributed by atoms with E-state index in [1.165, 1.54) is 36.4 Å². The topological polar surface area (TPSA) is 214 Å². The van der Waals surface area contributed by atoms with E-state index in [-0.39, 0.29) is 54.3 Å². The van der Waals surface area contributed by atoms with Crippen molar-refractivity contribution in [1.82, 2.24) is 9.62 Å². The molecular formula is C32H43N2O14PS. The number of phenols is 1. The Balaban J connectivity index is 1.51. The molecule has 1 amide bonds. The summed E-state index contributed by atoms with van der Waals surface area (Å²) in [6, 6.07) is 10.3. The van der Waals surface area contributed by atoms with Gasteiger partial charge in [0.05, 0.1) is 36.2 Å². The number of amides is 1. The largest absolute Gasteiger partial charge is 0.508 e. The number of ether oxygens (including phenoxy) is 4. The molecular weight excluding hydrogens is 699 g/mol. The maximum Gasteiger partial charge on any atom is 0.407 e. The second-order valence-corrected chi connectivity index (χ2v) is 16.1. The molecule has 0 radical (unpaired) electrons. The Morgan fingerprint density at radius 2 is 1.70 bits per heavy atom. The molecule has 2 fully saturated rings. The summed E-state index contributed by atoms with van der Waals surface area (Å²) in [5.41, 5.74) is 0.601. The highest BCUT2D eigenvalue weighted by Gasteiger charge is 2.44. The van der Waals surface area contributed by atoms with E-state index in [1.807, 2.05) is 13.8 Å². The van der Waals surface area contributed by atoms with Gasteiger partial charge in [0, 0.05) is 13.1 Å². The minimum absolute atomic E-state index is 0.0328. The first kappa shape index (κ1) is 39.4. The minimum Gasteiger partial charge on any atom is -0.508 e. The van der Waals surface area contributed by atoms with E-state index in [0.29, 0.717) is 31.2 Å². The van der Waals surface area contributed by atoms with Crippen molar-refractivity contribution in [3.05, 3.63) is 54.1 Å². The van der Waals surface area contributed by atoms with E-state index in [2.05, 4.69) is 5.32 Å². The standard InChI is InChI=1S/C32H43N2O14PS/c1-22(2)18-34(50(41,42)26-9-5-24(37)6-10-26)19-29(38)28(33-32(39)48-30-20-44-31-27(30)11-14-43-31)17-23-3-7-25(8-4-23)45-21-49(40,46-15-12-35)47-16-13-36/h3-10,12-13,22,27-31,37-38H,11,14-21H2,1-2H3,(H,33,39)/t27-,28-,29+,30-,31+/m0/s1. The molecule has 2 aromatic carbocycles. The van der Waals surface area contributed by atoms with E-state index in [4.69, 9.17) is 28.0 Å². The number of nitrogens with one attached hydrogen (secondary N) is 1. The number of sulfonamides is 1. The first-order valence-electron chi connectivity index (χ1n) is 16.0. The number of hydrogen-bond acceptors (Lipinski definition) is 14. The molecule has 2 aromatic rings. The van der Waals surface area contributed by atoms with Gasteiger partial charge < -0.3 is 44.1 Å². The molecule has 4 rings (SSSR count). The van der Waals surface area contributed by atoms with Crippen molar-refractivity contribution in [1.29, 1.82) is 0 Å². The number of nitrogens with zero attached hydrogens (tertiary/aromatic N) is 1. The number of aldehydes is 2. The second-order valence-electron chi connectivity index (χ2n) is 12.2. The van der Waals surface area contributed by atoms with Crippen molar-refractivity contribution >= 4 is 36.3 Å². The van der Waals surface area contributed by atoms with Crippen LogP contribution in [0.4, 0.5) is 4.79 Å². The highest BCUT2D eigenvalue weighted by Crippen LogP contribution is 2.47. The molecule has 0 spiro atoms. The van der Waals surface area contributed by atoms with Crippen molar-refractivity contribution in [2.24, 2.45) is 11.8 Å². The van der Waals surface area contributed by atoms with Crippen molar-refractivity contribution in [2.75, 3.05) is 45.9 Å². The molecule has 50 heavy (non-hydrogen) atoms. The molecule has 0 saturated carbocycles. The molecule has 2 saturated heterocycles. The Bertz CT molecular complexity index is 1560. The zero-order valence-electron chi connectivity index (χ0n) is 27.7. The summed E-state index contributed by atoms with van der Waals surface area (Å²) in [6.07, 6.45) is -2.38. The Morgan fingerprint density at radius 3 is 2.32 bits per heavy atom. The third-order valence-corrected chi connectivity index (χ3v) is 11.3. The molecule has 18 heteroatoms. The van der Waals surface area contributed by atoms with Crippen molar-refractivity contribution in [3.63, 3.8) is 0 Å². The van der Waals surface area contributed by atoms with Gasteiger partial charge in [0.1, 0.15) is 43.4 Å². The van der Waals surface area contributed by atoms with Crippen LogP contribution < -0.4 is 10.1 Å². The number of hydrogen-bond donors (Lipinski definition) is 3. The number of fused-ring (bicyclic) bond motifs is 1. The summed E-state index contributed by atoms with van der Waals surface area (Å²) in [6.45, 7) is 2.92. The van der Waals surface area contributed by atoms with Crippen LogP contribution in [0.5, 0.6) is 11.5 Å². The smallest absolute Gasteiger partial charge is 0.407 e. The monoisotopic (exact) mass is 742 g/mol. The number of benzene rings is 2. The van der Waals surface area contributed by atoms with Crippen LogP contribution in [0.15, 0.2) is 53.4 Å². The van der Waals surface area contributed by atoms with Crippen LogP contribution in [0.3, 0.4) is 0 Å². The number of rotatable bonds is 20. The molecule has 2 aliphatic heterocycles. The van der Waals surface area contributed by atoms with Crippen LogP contribution in [0.1, 0.15) is 25.8 Å². The summed E-state index contributed by atoms with van der Waals surface area (Å²) in [7, 11) is -8.04. The van der Waals surface area contributed by atoms with Crippen LogP contribution in [0, 0.1) is 11.8 Å². The number of aromatic hydroxyl groups is 1. The van der Waals surface area contributed by atoms with Crippen molar-refractivity contribution < 1.29 is 65.6 Å². The number of aliphatic hydroxyl groups is 1. The van der Waals surface area contributed by atoms with Gasteiger partial charge in [-0.2, -0.15) is 4.31 Å². The normalized spacial score (nSPS) is 20.3. The number of carbonyl (C=O) groups is 3. The Hall–Kier alpha value is -3.41. The molecule has 2 heterocycles. The summed E-state index contributed by atoms with van der Waals surface area (Å²) in [4.78, 5) is 34.5. The van der Waals surface area contributed by atoms with Crippen molar-refractivity contribution in [2.45, 2.75) is 56.1 Å². The van der Waals surface area contributed by atoms with E-state index in [9.17, 15) is 37.6 Å². The fourth-order valence-electron chi connectivity index (χ4n) is 5.46. The highest BCUT2D eigenvalue weighted by molar-refractivity contribution is 7.89. The van der Waals surface area contributed by atoms with Crippen LogP contribution in [-0.2, 0) is 53.9 Å². The first-order chi connectivity index (χ1) is 23.8. The Kier molecular flexibility index (Phi) is 14.3. The van der Waals surface area contributed by atoms with Gasteiger partial charge in [-0.15, -0.1) is 0 Å². The number of phenolic OH excluding ortho intramolecular Hbond substituents is 1. The lowest BCUT2D eigenvalue weighted by molar-refractivity contribution is -0.110. The molecule has 5 atom stereocenters. The second kappa shape index (κ2) is 18.2. The zero-order chi connectivity index (χ0) is 36.3. The summed E-state index contributed by atoms with van der Waals surface area (Å²) < 4.78 is 73.4. The highest BCUT2D eigenvalue weighted by atomic mass is 32.2. The van der Waals surface area contributed by atoms with Gasteiger partial charge >= 0.3 is 13.7 Å². The lowest BCUT2D eigenvalue weighted by Crippen LogP contribution is -2.51. The van der Waals surface area contributed by atoms with Gasteiger partial charge in [-0.25, -0.2) is 13.2 Å². The Labute approximate surface area is 290 Å².